The molecular weight excluding hydrogens is 369 g/mol. The van der Waals surface area contributed by atoms with E-state index in [0.717, 1.165) is 31.6 Å². The lowest BCUT2D eigenvalue weighted by Gasteiger charge is -2.22. The fraction of sp³-hybridized carbons (Fsp3) is 0.650. The largest absolute Gasteiger partial charge is 0.345 e. The third-order valence-electron chi connectivity index (χ3n) is 5.01. The molecule has 26 heavy (non-hydrogen) atoms. The molecule has 0 radical (unpaired) electrons. The number of halogens is 2. The average molecular weight is 400 g/mol. The van der Waals surface area contributed by atoms with E-state index in [-0.39, 0.29) is 5.91 Å². The molecule has 0 N–H and O–H groups in total. The monoisotopic (exact) mass is 399 g/mol. The van der Waals surface area contributed by atoms with Crippen LogP contribution in [0.3, 0.4) is 0 Å². The SMILES string of the molecule is CN(CCCN1CCCC1)CCCN(C)C(=O)Cc1ccc(Cl)c(Cl)c1. The zero-order valence-electron chi connectivity index (χ0n) is 16.0. The van der Waals surface area contributed by atoms with Crippen LogP contribution in [0.2, 0.25) is 10.0 Å². The van der Waals surface area contributed by atoms with Crippen LogP contribution in [-0.2, 0) is 11.2 Å². The fourth-order valence-electron chi connectivity index (χ4n) is 3.34. The van der Waals surface area contributed by atoms with Crippen LogP contribution < -0.4 is 0 Å². The lowest BCUT2D eigenvalue weighted by Crippen LogP contribution is -2.32. The number of rotatable bonds is 10. The fourth-order valence-corrected chi connectivity index (χ4v) is 3.66. The molecule has 146 valence electrons. The van der Waals surface area contributed by atoms with Crippen molar-refractivity contribution in [3.8, 4) is 0 Å². The van der Waals surface area contributed by atoms with E-state index >= 15 is 0 Å². The zero-order chi connectivity index (χ0) is 18.9. The van der Waals surface area contributed by atoms with E-state index in [2.05, 4.69) is 16.8 Å². The van der Waals surface area contributed by atoms with Gasteiger partial charge in [0, 0.05) is 13.6 Å². The summed E-state index contributed by atoms with van der Waals surface area (Å²) in [6.07, 6.45) is 5.29. The number of benzene rings is 1. The molecule has 0 aromatic heterocycles. The lowest BCUT2D eigenvalue weighted by molar-refractivity contribution is -0.129. The highest BCUT2D eigenvalue weighted by Crippen LogP contribution is 2.23. The van der Waals surface area contributed by atoms with Gasteiger partial charge in [-0.1, -0.05) is 29.3 Å². The van der Waals surface area contributed by atoms with Gasteiger partial charge in [0.1, 0.15) is 0 Å². The van der Waals surface area contributed by atoms with Crippen LogP contribution >= 0.6 is 23.2 Å². The number of carbonyl (C=O) groups excluding carboxylic acids is 1. The summed E-state index contributed by atoms with van der Waals surface area (Å²) in [5, 5.41) is 1.01. The number of hydrogen-bond acceptors (Lipinski definition) is 3. The van der Waals surface area contributed by atoms with Crippen molar-refractivity contribution in [1.82, 2.24) is 14.7 Å². The van der Waals surface area contributed by atoms with Gasteiger partial charge in [0.2, 0.25) is 5.91 Å². The third-order valence-corrected chi connectivity index (χ3v) is 5.75. The molecule has 1 aliphatic rings. The number of likely N-dealkylation sites (N-methyl/N-ethyl adjacent to an activating group) is 1. The topological polar surface area (TPSA) is 26.8 Å². The Hall–Kier alpha value is -0.810. The van der Waals surface area contributed by atoms with Crippen molar-refractivity contribution in [1.29, 1.82) is 0 Å². The molecule has 1 saturated heterocycles. The summed E-state index contributed by atoms with van der Waals surface area (Å²) in [6.45, 7) is 6.68. The maximum atomic E-state index is 12.3. The lowest BCUT2D eigenvalue weighted by atomic mass is 10.1. The summed E-state index contributed by atoms with van der Waals surface area (Å²) in [5.74, 6) is 0.111. The van der Waals surface area contributed by atoms with Gasteiger partial charge in [-0.2, -0.15) is 0 Å². The maximum Gasteiger partial charge on any atom is 0.226 e. The minimum absolute atomic E-state index is 0.111. The molecule has 1 aromatic rings. The quantitative estimate of drug-likeness (QED) is 0.598. The predicted octanol–water partition coefficient (Wildman–Crippen LogP) is 3.80. The van der Waals surface area contributed by atoms with E-state index in [1.165, 1.54) is 38.9 Å². The maximum absolute atomic E-state index is 12.3. The van der Waals surface area contributed by atoms with Gasteiger partial charge in [-0.25, -0.2) is 0 Å². The highest BCUT2D eigenvalue weighted by atomic mass is 35.5. The van der Waals surface area contributed by atoms with E-state index < -0.39 is 0 Å². The molecule has 0 aliphatic carbocycles. The third kappa shape index (κ3) is 7.43. The zero-order valence-corrected chi connectivity index (χ0v) is 17.5. The molecule has 1 aromatic carbocycles. The van der Waals surface area contributed by atoms with E-state index in [9.17, 15) is 4.79 Å². The average Bonchev–Trinajstić information content (AvgIpc) is 3.11. The van der Waals surface area contributed by atoms with Gasteiger partial charge < -0.3 is 14.7 Å². The van der Waals surface area contributed by atoms with Crippen molar-refractivity contribution in [2.45, 2.75) is 32.1 Å². The number of amides is 1. The smallest absolute Gasteiger partial charge is 0.226 e. The summed E-state index contributed by atoms with van der Waals surface area (Å²) in [7, 11) is 4.04. The molecule has 1 aliphatic heterocycles. The summed E-state index contributed by atoms with van der Waals surface area (Å²) in [6, 6.07) is 5.36. The van der Waals surface area contributed by atoms with Crippen LogP contribution in [-0.4, -0.2) is 74.0 Å². The van der Waals surface area contributed by atoms with Crippen molar-refractivity contribution in [2.75, 3.05) is 53.4 Å². The molecule has 0 atom stereocenters. The molecule has 1 fully saturated rings. The van der Waals surface area contributed by atoms with Crippen LogP contribution in [0.1, 0.15) is 31.2 Å². The Morgan fingerprint density at radius 3 is 2.42 bits per heavy atom. The van der Waals surface area contributed by atoms with Crippen LogP contribution in [0.25, 0.3) is 0 Å². The summed E-state index contributed by atoms with van der Waals surface area (Å²) in [4.78, 5) is 19.1. The molecule has 0 bridgehead atoms. The first-order valence-electron chi connectivity index (χ1n) is 9.54. The molecule has 1 heterocycles. The van der Waals surface area contributed by atoms with Crippen LogP contribution in [0.5, 0.6) is 0 Å². The normalized spacial score (nSPS) is 15.0. The van der Waals surface area contributed by atoms with Crippen molar-refractivity contribution in [3.05, 3.63) is 33.8 Å². The molecule has 4 nitrogen and oxygen atoms in total. The molecule has 1 amide bonds. The van der Waals surface area contributed by atoms with Gasteiger partial charge in [0.15, 0.2) is 0 Å². The Morgan fingerprint density at radius 1 is 1.04 bits per heavy atom. The first-order valence-corrected chi connectivity index (χ1v) is 10.3. The van der Waals surface area contributed by atoms with Crippen molar-refractivity contribution in [3.63, 3.8) is 0 Å². The van der Waals surface area contributed by atoms with Gasteiger partial charge in [-0.3, -0.25) is 4.79 Å². The summed E-state index contributed by atoms with van der Waals surface area (Å²) < 4.78 is 0. The molecule has 0 saturated carbocycles. The minimum Gasteiger partial charge on any atom is -0.345 e. The van der Waals surface area contributed by atoms with Gasteiger partial charge in [0.05, 0.1) is 16.5 Å². The van der Waals surface area contributed by atoms with Crippen LogP contribution in [0.4, 0.5) is 0 Å². The Kier molecular flexibility index (Phi) is 9.20. The molecule has 6 heteroatoms. The second-order valence-electron chi connectivity index (χ2n) is 7.30. The number of hydrogen-bond donors (Lipinski definition) is 0. The van der Waals surface area contributed by atoms with Crippen LogP contribution in [0.15, 0.2) is 18.2 Å². The Labute approximate surface area is 168 Å². The Balaban J connectivity index is 1.60. The van der Waals surface area contributed by atoms with Crippen molar-refractivity contribution in [2.24, 2.45) is 0 Å². The minimum atomic E-state index is 0.111. The van der Waals surface area contributed by atoms with E-state index in [4.69, 9.17) is 23.2 Å². The summed E-state index contributed by atoms with van der Waals surface area (Å²) >= 11 is 11.9. The van der Waals surface area contributed by atoms with Gasteiger partial charge in [-0.05, 0) is 83.2 Å². The van der Waals surface area contributed by atoms with Gasteiger partial charge in [-0.15, -0.1) is 0 Å². The number of nitrogens with zero attached hydrogens (tertiary/aromatic N) is 3. The highest BCUT2D eigenvalue weighted by Gasteiger charge is 2.12. The number of carbonyl (C=O) groups is 1. The standard InChI is InChI=1S/C20H31Cl2N3O/c1-23(10-6-14-25-12-3-4-13-25)9-5-11-24(2)20(26)16-17-7-8-18(21)19(22)15-17/h7-8,15H,3-6,9-14,16H2,1-2H3. The van der Waals surface area contributed by atoms with Crippen molar-refractivity contribution >= 4 is 29.1 Å². The highest BCUT2D eigenvalue weighted by molar-refractivity contribution is 6.42. The first kappa shape index (κ1) is 21.5. The molecular formula is C20H31Cl2N3O. The summed E-state index contributed by atoms with van der Waals surface area (Å²) in [5.41, 5.74) is 0.898. The second kappa shape index (κ2) is 11.1. The van der Waals surface area contributed by atoms with E-state index in [1.807, 2.05) is 13.1 Å². The second-order valence-corrected chi connectivity index (χ2v) is 8.11. The number of likely N-dealkylation sites (tertiary alicyclic amines) is 1. The predicted molar refractivity (Wildman–Crippen MR) is 110 cm³/mol. The van der Waals surface area contributed by atoms with E-state index in [1.54, 1.807) is 17.0 Å². The Morgan fingerprint density at radius 2 is 1.73 bits per heavy atom. The first-order chi connectivity index (χ1) is 12.5. The van der Waals surface area contributed by atoms with Gasteiger partial charge in [0.25, 0.3) is 0 Å². The molecule has 0 unspecified atom stereocenters. The molecule has 2 rings (SSSR count). The van der Waals surface area contributed by atoms with E-state index in [0.29, 0.717) is 16.5 Å². The Bertz CT molecular complexity index is 576. The van der Waals surface area contributed by atoms with Crippen molar-refractivity contribution < 1.29 is 4.79 Å². The van der Waals surface area contributed by atoms with Gasteiger partial charge >= 0.3 is 0 Å². The molecule has 0 spiro atoms. The van der Waals surface area contributed by atoms with Crippen LogP contribution in [0, 0.1) is 0 Å².